The number of carbonyl (C=O) groups excluding carboxylic acids is 1. The van der Waals surface area contributed by atoms with E-state index in [1.807, 2.05) is 30.3 Å². The summed E-state index contributed by atoms with van der Waals surface area (Å²) < 4.78 is 1.29. The number of nitrogens with zero attached hydrogens (tertiary/aromatic N) is 2. The Balaban J connectivity index is 2.41. The number of nitrogens with two attached hydrogens (primary N) is 1. The second-order valence-electron chi connectivity index (χ2n) is 6.16. The van der Waals surface area contributed by atoms with Crippen molar-refractivity contribution in [3.05, 3.63) is 56.7 Å². The second kappa shape index (κ2) is 9.03. The number of unbranched alkanes of at least 4 members (excludes halogenated alkanes) is 2. The highest BCUT2D eigenvalue weighted by Crippen LogP contribution is 2.19. The van der Waals surface area contributed by atoms with E-state index >= 15 is 0 Å². The van der Waals surface area contributed by atoms with Crippen LogP contribution in [0.2, 0.25) is 0 Å². The number of anilines is 2. The fourth-order valence-electron chi connectivity index (χ4n) is 2.88. The van der Waals surface area contributed by atoms with Crippen molar-refractivity contribution in [2.24, 2.45) is 0 Å². The quantitative estimate of drug-likeness (QED) is 0.706. The first-order valence-corrected chi connectivity index (χ1v) is 8.96. The van der Waals surface area contributed by atoms with Crippen molar-refractivity contribution < 1.29 is 4.79 Å². The molecule has 0 saturated heterocycles. The van der Waals surface area contributed by atoms with Crippen LogP contribution in [0.5, 0.6) is 0 Å². The van der Waals surface area contributed by atoms with Crippen LogP contribution in [0.1, 0.15) is 45.1 Å². The molecule has 7 heteroatoms. The Morgan fingerprint density at radius 1 is 1.15 bits per heavy atom. The van der Waals surface area contributed by atoms with E-state index in [2.05, 4.69) is 11.9 Å². The van der Waals surface area contributed by atoms with E-state index in [0.29, 0.717) is 13.0 Å². The number of hydrogen-bond acceptors (Lipinski definition) is 4. The lowest BCUT2D eigenvalue weighted by Gasteiger charge is -2.23. The molecule has 0 fully saturated rings. The van der Waals surface area contributed by atoms with E-state index in [0.717, 1.165) is 24.8 Å². The average Bonchev–Trinajstić information content (AvgIpc) is 2.63. The Morgan fingerprint density at radius 2 is 1.85 bits per heavy atom. The minimum absolute atomic E-state index is 0.00768. The van der Waals surface area contributed by atoms with Crippen LogP contribution >= 0.6 is 0 Å². The Kier molecular flexibility index (Phi) is 6.77. The van der Waals surface area contributed by atoms with Crippen LogP contribution in [0.4, 0.5) is 11.5 Å². The van der Waals surface area contributed by atoms with Gasteiger partial charge in [0.1, 0.15) is 5.82 Å². The average molecular weight is 358 g/mol. The lowest BCUT2D eigenvalue weighted by molar-refractivity contribution is -0.118. The second-order valence-corrected chi connectivity index (χ2v) is 6.16. The molecule has 0 radical (unpaired) electrons. The number of hydrogen-bond donors (Lipinski definition) is 2. The lowest BCUT2D eigenvalue weighted by atomic mass is 10.2. The largest absolute Gasteiger partial charge is 0.383 e. The minimum atomic E-state index is -0.637. The molecule has 140 valence electrons. The van der Waals surface area contributed by atoms with Crippen molar-refractivity contribution in [1.82, 2.24) is 9.55 Å². The fraction of sp³-hybridized carbons (Fsp3) is 0.421. The third-order valence-corrected chi connectivity index (χ3v) is 4.28. The molecule has 2 rings (SSSR count). The molecular weight excluding hydrogens is 332 g/mol. The van der Waals surface area contributed by atoms with Crippen molar-refractivity contribution in [2.45, 2.75) is 46.1 Å². The SMILES string of the molecule is CCCCCC(=O)N(CC)c1c(N)n(Cc2ccccc2)c(=O)[nH]c1=O. The van der Waals surface area contributed by atoms with Gasteiger partial charge in [0.15, 0.2) is 5.69 Å². The van der Waals surface area contributed by atoms with Crippen molar-refractivity contribution in [1.29, 1.82) is 0 Å². The normalized spacial score (nSPS) is 10.7. The summed E-state index contributed by atoms with van der Waals surface area (Å²) in [6.45, 7) is 4.37. The summed E-state index contributed by atoms with van der Waals surface area (Å²) in [4.78, 5) is 40.8. The topological polar surface area (TPSA) is 101 Å². The molecule has 0 bridgehead atoms. The highest BCUT2D eigenvalue weighted by atomic mass is 16.2. The fourth-order valence-corrected chi connectivity index (χ4v) is 2.88. The molecule has 1 heterocycles. The molecule has 0 spiro atoms. The van der Waals surface area contributed by atoms with Gasteiger partial charge in [-0.1, -0.05) is 50.1 Å². The van der Waals surface area contributed by atoms with Crippen molar-refractivity contribution in [2.75, 3.05) is 17.2 Å². The maximum absolute atomic E-state index is 12.5. The van der Waals surface area contributed by atoms with Gasteiger partial charge in [-0.15, -0.1) is 0 Å². The first-order chi connectivity index (χ1) is 12.5. The van der Waals surface area contributed by atoms with Crippen molar-refractivity contribution in [3.63, 3.8) is 0 Å². The third kappa shape index (κ3) is 4.41. The highest BCUT2D eigenvalue weighted by molar-refractivity contribution is 5.95. The monoisotopic (exact) mass is 358 g/mol. The zero-order valence-corrected chi connectivity index (χ0v) is 15.3. The molecule has 2 aromatic rings. The molecule has 0 atom stereocenters. The van der Waals surface area contributed by atoms with E-state index in [4.69, 9.17) is 5.73 Å². The van der Waals surface area contributed by atoms with Gasteiger partial charge in [0.2, 0.25) is 5.91 Å². The molecule has 0 aliphatic rings. The van der Waals surface area contributed by atoms with Crippen molar-refractivity contribution >= 4 is 17.4 Å². The van der Waals surface area contributed by atoms with Crippen LogP contribution in [-0.4, -0.2) is 22.0 Å². The molecular formula is C19H26N4O3. The summed E-state index contributed by atoms with van der Waals surface area (Å²) in [6.07, 6.45) is 3.05. The maximum atomic E-state index is 12.5. The van der Waals surface area contributed by atoms with Gasteiger partial charge in [0, 0.05) is 13.0 Å². The number of carbonyl (C=O) groups is 1. The number of nitrogen functional groups attached to an aromatic ring is 1. The van der Waals surface area contributed by atoms with Gasteiger partial charge in [-0.2, -0.15) is 0 Å². The highest BCUT2D eigenvalue weighted by Gasteiger charge is 2.22. The minimum Gasteiger partial charge on any atom is -0.383 e. The Bertz CT molecular complexity index is 855. The molecule has 1 amide bonds. The van der Waals surface area contributed by atoms with E-state index in [1.54, 1.807) is 6.92 Å². The first-order valence-electron chi connectivity index (χ1n) is 8.96. The van der Waals surface area contributed by atoms with Crippen molar-refractivity contribution in [3.8, 4) is 0 Å². The summed E-state index contributed by atoms with van der Waals surface area (Å²) >= 11 is 0. The summed E-state index contributed by atoms with van der Waals surface area (Å²) in [5, 5.41) is 0. The van der Waals surface area contributed by atoms with Gasteiger partial charge in [-0.05, 0) is 18.9 Å². The number of nitrogens with one attached hydrogen (secondary N) is 1. The van der Waals surface area contributed by atoms with Gasteiger partial charge in [0.05, 0.1) is 6.54 Å². The van der Waals surface area contributed by atoms with Gasteiger partial charge >= 0.3 is 5.69 Å². The number of aromatic nitrogens is 2. The van der Waals surface area contributed by atoms with E-state index in [1.165, 1.54) is 9.47 Å². The standard InChI is InChI=1S/C19H26N4O3/c1-3-5-7-12-15(24)22(4-2)16-17(20)23(19(26)21-18(16)25)13-14-10-8-6-9-11-14/h6,8-11H,3-5,7,12-13,20H2,1-2H3,(H,21,25,26). The van der Waals surface area contributed by atoms with Gasteiger partial charge in [0.25, 0.3) is 5.56 Å². The van der Waals surface area contributed by atoms with E-state index < -0.39 is 11.2 Å². The van der Waals surface area contributed by atoms with Crippen LogP contribution in [0.3, 0.4) is 0 Å². The van der Waals surface area contributed by atoms with E-state index in [9.17, 15) is 14.4 Å². The molecule has 0 aliphatic carbocycles. The predicted molar refractivity (Wildman–Crippen MR) is 103 cm³/mol. The van der Waals surface area contributed by atoms with Crippen LogP contribution in [0, 0.1) is 0 Å². The smallest absolute Gasteiger partial charge is 0.330 e. The molecule has 1 aromatic carbocycles. The van der Waals surface area contributed by atoms with Crippen LogP contribution in [0.25, 0.3) is 0 Å². The predicted octanol–water partition coefficient (Wildman–Crippen LogP) is 2.10. The van der Waals surface area contributed by atoms with Gasteiger partial charge in [-0.3, -0.25) is 19.1 Å². The third-order valence-electron chi connectivity index (χ3n) is 4.28. The molecule has 7 nitrogen and oxygen atoms in total. The summed E-state index contributed by atoms with van der Waals surface area (Å²) in [7, 11) is 0. The molecule has 26 heavy (non-hydrogen) atoms. The van der Waals surface area contributed by atoms with Gasteiger partial charge in [-0.25, -0.2) is 4.79 Å². The first kappa shape index (κ1) is 19.5. The number of rotatable bonds is 8. The van der Waals surface area contributed by atoms with Crippen LogP contribution in [0.15, 0.2) is 39.9 Å². The summed E-state index contributed by atoms with van der Waals surface area (Å²) in [5.74, 6) is -0.156. The maximum Gasteiger partial charge on any atom is 0.330 e. The number of benzene rings is 1. The Morgan fingerprint density at radius 3 is 2.46 bits per heavy atom. The molecule has 0 unspecified atom stereocenters. The van der Waals surface area contributed by atoms with Crippen LogP contribution < -0.4 is 21.9 Å². The Labute approximate surface area is 152 Å². The molecule has 3 N–H and O–H groups in total. The molecule has 0 aliphatic heterocycles. The Hall–Kier alpha value is -2.83. The zero-order chi connectivity index (χ0) is 19.1. The van der Waals surface area contributed by atoms with Crippen LogP contribution in [-0.2, 0) is 11.3 Å². The lowest BCUT2D eigenvalue weighted by Crippen LogP contribution is -2.41. The number of H-pyrrole nitrogens is 1. The van der Waals surface area contributed by atoms with E-state index in [-0.39, 0.29) is 24.0 Å². The number of aromatic amines is 1. The zero-order valence-electron chi connectivity index (χ0n) is 15.3. The van der Waals surface area contributed by atoms with Gasteiger partial charge < -0.3 is 10.6 Å². The molecule has 1 aromatic heterocycles. The molecule has 0 saturated carbocycles. The summed E-state index contributed by atoms with van der Waals surface area (Å²) in [5.41, 5.74) is 5.84. The number of amides is 1. The summed E-state index contributed by atoms with van der Waals surface area (Å²) in [6, 6.07) is 9.33.